The maximum Gasteiger partial charge on any atom is 0.0640 e. The van der Waals surface area contributed by atoms with Gasteiger partial charge in [-0.1, -0.05) is 35.3 Å². The van der Waals surface area contributed by atoms with Crippen LogP contribution in [0.2, 0.25) is 10.0 Å². The molecule has 5 heteroatoms. The first-order chi connectivity index (χ1) is 10.0. The van der Waals surface area contributed by atoms with Gasteiger partial charge in [-0.05, 0) is 57.6 Å². The van der Waals surface area contributed by atoms with Gasteiger partial charge in [0.15, 0.2) is 0 Å². The number of nitrogens with zero attached hydrogens (tertiary/aromatic N) is 2. The van der Waals surface area contributed by atoms with Crippen LogP contribution in [0.3, 0.4) is 0 Å². The molecule has 2 rings (SSSR count). The Balaban J connectivity index is 2.04. The van der Waals surface area contributed by atoms with Gasteiger partial charge in [-0.3, -0.25) is 4.90 Å². The predicted molar refractivity (Wildman–Crippen MR) is 91.1 cm³/mol. The van der Waals surface area contributed by atoms with Gasteiger partial charge in [0.1, 0.15) is 0 Å². The molecule has 0 spiro atoms. The Bertz CT molecular complexity index is 457. The second-order valence-electron chi connectivity index (χ2n) is 6.14. The average Bonchev–Trinajstić information content (AvgIpc) is 2.45. The lowest BCUT2D eigenvalue weighted by atomic mass is 9.94. The van der Waals surface area contributed by atoms with E-state index in [0.717, 1.165) is 24.6 Å². The molecule has 1 aromatic carbocycles. The van der Waals surface area contributed by atoms with Gasteiger partial charge in [-0.2, -0.15) is 0 Å². The molecular formula is C16H25Cl2N3. The van der Waals surface area contributed by atoms with Crippen LogP contribution in [0.15, 0.2) is 18.2 Å². The average molecular weight is 330 g/mol. The molecule has 118 valence electrons. The first kappa shape index (κ1) is 17.0. The van der Waals surface area contributed by atoms with Crippen molar-refractivity contribution in [3.8, 4) is 0 Å². The minimum Gasteiger partial charge on any atom is -0.329 e. The van der Waals surface area contributed by atoms with Crippen molar-refractivity contribution in [3.05, 3.63) is 33.8 Å². The van der Waals surface area contributed by atoms with Gasteiger partial charge >= 0.3 is 0 Å². The van der Waals surface area contributed by atoms with Gasteiger partial charge in [0.05, 0.1) is 10.0 Å². The van der Waals surface area contributed by atoms with E-state index in [1.165, 1.54) is 19.4 Å². The van der Waals surface area contributed by atoms with Crippen molar-refractivity contribution in [3.63, 3.8) is 0 Å². The maximum atomic E-state index is 6.36. The second-order valence-corrected chi connectivity index (χ2v) is 6.92. The minimum atomic E-state index is 0.163. The number of benzene rings is 1. The zero-order chi connectivity index (χ0) is 15.4. The van der Waals surface area contributed by atoms with Gasteiger partial charge in [0, 0.05) is 19.1 Å². The summed E-state index contributed by atoms with van der Waals surface area (Å²) < 4.78 is 0. The monoisotopic (exact) mass is 329 g/mol. The fourth-order valence-corrected chi connectivity index (χ4v) is 3.65. The van der Waals surface area contributed by atoms with Crippen molar-refractivity contribution < 1.29 is 0 Å². The molecule has 1 unspecified atom stereocenters. The van der Waals surface area contributed by atoms with E-state index in [9.17, 15) is 0 Å². The van der Waals surface area contributed by atoms with Crippen molar-refractivity contribution in [2.45, 2.75) is 18.9 Å². The van der Waals surface area contributed by atoms with Crippen molar-refractivity contribution in [2.75, 3.05) is 40.3 Å². The summed E-state index contributed by atoms with van der Waals surface area (Å²) in [6.07, 6.45) is 2.43. The molecule has 0 radical (unpaired) electrons. The van der Waals surface area contributed by atoms with Crippen LogP contribution in [-0.2, 0) is 0 Å². The van der Waals surface area contributed by atoms with Crippen molar-refractivity contribution in [2.24, 2.45) is 11.7 Å². The summed E-state index contributed by atoms with van der Waals surface area (Å²) in [5.74, 6) is 0.782. The van der Waals surface area contributed by atoms with Gasteiger partial charge < -0.3 is 10.6 Å². The molecule has 1 heterocycles. The normalized spacial score (nSPS) is 19.1. The van der Waals surface area contributed by atoms with Gasteiger partial charge in [0.25, 0.3) is 0 Å². The number of halogens is 2. The molecule has 1 atom stereocenters. The summed E-state index contributed by atoms with van der Waals surface area (Å²) in [5, 5.41) is 1.25. The van der Waals surface area contributed by atoms with Crippen LogP contribution >= 0.6 is 23.2 Å². The molecule has 2 N–H and O–H groups in total. The number of piperidine rings is 1. The summed E-state index contributed by atoms with van der Waals surface area (Å²) in [7, 11) is 4.28. The molecule has 21 heavy (non-hydrogen) atoms. The first-order valence-electron chi connectivity index (χ1n) is 7.55. The highest BCUT2D eigenvalue weighted by molar-refractivity contribution is 6.42. The van der Waals surface area contributed by atoms with Crippen LogP contribution in [0.4, 0.5) is 0 Å². The highest BCUT2D eigenvalue weighted by Crippen LogP contribution is 2.34. The van der Waals surface area contributed by atoms with E-state index >= 15 is 0 Å². The van der Waals surface area contributed by atoms with Crippen LogP contribution in [0, 0.1) is 5.92 Å². The predicted octanol–water partition coefficient (Wildman–Crippen LogP) is 3.27. The van der Waals surface area contributed by atoms with E-state index in [-0.39, 0.29) is 6.04 Å². The Labute approximate surface area is 138 Å². The Morgan fingerprint density at radius 3 is 2.52 bits per heavy atom. The van der Waals surface area contributed by atoms with Crippen LogP contribution < -0.4 is 5.73 Å². The summed E-state index contributed by atoms with van der Waals surface area (Å²) in [4.78, 5) is 4.72. The molecule has 3 nitrogen and oxygen atoms in total. The summed E-state index contributed by atoms with van der Waals surface area (Å²) in [5.41, 5.74) is 7.07. The maximum absolute atomic E-state index is 6.36. The topological polar surface area (TPSA) is 32.5 Å². The molecular weight excluding hydrogens is 305 g/mol. The number of nitrogens with two attached hydrogens (primary N) is 1. The van der Waals surface area contributed by atoms with E-state index in [0.29, 0.717) is 16.6 Å². The minimum absolute atomic E-state index is 0.163. The molecule has 1 aromatic rings. The zero-order valence-corrected chi connectivity index (χ0v) is 14.4. The largest absolute Gasteiger partial charge is 0.329 e. The summed E-state index contributed by atoms with van der Waals surface area (Å²) in [6, 6.07) is 5.98. The third-order valence-corrected chi connectivity index (χ3v) is 5.11. The molecule has 1 fully saturated rings. The third-order valence-electron chi connectivity index (χ3n) is 4.28. The first-order valence-corrected chi connectivity index (χ1v) is 8.31. The zero-order valence-electron chi connectivity index (χ0n) is 12.9. The SMILES string of the molecule is CN(C)CC1CCN(C(CN)c2cccc(Cl)c2Cl)CC1. The van der Waals surface area contributed by atoms with E-state index in [4.69, 9.17) is 28.9 Å². The van der Waals surface area contributed by atoms with Gasteiger partial charge in [-0.15, -0.1) is 0 Å². The number of rotatable bonds is 5. The highest BCUT2D eigenvalue weighted by Gasteiger charge is 2.27. The van der Waals surface area contributed by atoms with Gasteiger partial charge in [-0.25, -0.2) is 0 Å². The van der Waals surface area contributed by atoms with Crippen LogP contribution in [0.5, 0.6) is 0 Å². The van der Waals surface area contributed by atoms with E-state index in [2.05, 4.69) is 23.9 Å². The standard InChI is InChI=1S/C16H25Cl2N3/c1-20(2)11-12-6-8-21(9-7-12)15(10-19)13-4-3-5-14(17)16(13)18/h3-5,12,15H,6-11,19H2,1-2H3. The van der Waals surface area contributed by atoms with Crippen LogP contribution in [0.25, 0.3) is 0 Å². The fraction of sp³-hybridized carbons (Fsp3) is 0.625. The van der Waals surface area contributed by atoms with E-state index in [1.54, 1.807) is 0 Å². The number of likely N-dealkylation sites (tertiary alicyclic amines) is 1. The Morgan fingerprint density at radius 1 is 1.29 bits per heavy atom. The van der Waals surface area contributed by atoms with E-state index in [1.807, 2.05) is 18.2 Å². The third kappa shape index (κ3) is 4.33. The Hall–Kier alpha value is -0.320. The fourth-order valence-electron chi connectivity index (χ4n) is 3.21. The van der Waals surface area contributed by atoms with Crippen molar-refractivity contribution >= 4 is 23.2 Å². The molecule has 0 bridgehead atoms. The molecule has 1 aliphatic heterocycles. The number of hydrogen-bond donors (Lipinski definition) is 1. The van der Waals surface area contributed by atoms with Gasteiger partial charge in [0.2, 0.25) is 0 Å². The summed E-state index contributed by atoms with van der Waals surface area (Å²) in [6.45, 7) is 3.88. The lowest BCUT2D eigenvalue weighted by Gasteiger charge is -2.38. The molecule has 1 aliphatic rings. The highest BCUT2D eigenvalue weighted by atomic mass is 35.5. The lowest BCUT2D eigenvalue weighted by Crippen LogP contribution is -2.41. The lowest BCUT2D eigenvalue weighted by molar-refractivity contribution is 0.122. The molecule has 0 aromatic heterocycles. The van der Waals surface area contributed by atoms with Crippen molar-refractivity contribution in [1.82, 2.24) is 9.80 Å². The quantitative estimate of drug-likeness (QED) is 0.899. The van der Waals surface area contributed by atoms with Crippen LogP contribution in [0.1, 0.15) is 24.4 Å². The van der Waals surface area contributed by atoms with E-state index < -0.39 is 0 Å². The smallest absolute Gasteiger partial charge is 0.0640 e. The van der Waals surface area contributed by atoms with Crippen molar-refractivity contribution in [1.29, 1.82) is 0 Å². The molecule has 0 amide bonds. The molecule has 0 aliphatic carbocycles. The molecule has 0 saturated carbocycles. The second kappa shape index (κ2) is 7.80. The Kier molecular flexibility index (Phi) is 6.33. The molecule has 1 saturated heterocycles. The number of hydrogen-bond acceptors (Lipinski definition) is 3. The summed E-state index contributed by atoms with van der Waals surface area (Å²) >= 11 is 12.5. The Morgan fingerprint density at radius 2 is 1.95 bits per heavy atom. The van der Waals surface area contributed by atoms with Crippen LogP contribution in [-0.4, -0.2) is 50.1 Å².